The second-order valence-electron chi connectivity index (χ2n) is 5.49. The third-order valence-corrected chi connectivity index (χ3v) is 6.11. The molecule has 24 heavy (non-hydrogen) atoms. The SMILES string of the molecule is Cc1cc(S(=O)(=O)NCc2cccc3ccccc23)c(Cl)cc1Cl. The van der Waals surface area contributed by atoms with Crippen molar-refractivity contribution in [3.8, 4) is 0 Å². The molecule has 3 aromatic carbocycles. The topological polar surface area (TPSA) is 46.2 Å². The van der Waals surface area contributed by atoms with Gasteiger partial charge in [0.25, 0.3) is 0 Å². The van der Waals surface area contributed by atoms with Gasteiger partial charge in [-0.15, -0.1) is 0 Å². The van der Waals surface area contributed by atoms with E-state index >= 15 is 0 Å². The van der Waals surface area contributed by atoms with E-state index in [9.17, 15) is 8.42 Å². The van der Waals surface area contributed by atoms with Gasteiger partial charge in [-0.3, -0.25) is 0 Å². The minimum absolute atomic E-state index is 0.0336. The molecule has 0 aromatic heterocycles. The summed E-state index contributed by atoms with van der Waals surface area (Å²) < 4.78 is 27.8. The van der Waals surface area contributed by atoms with Crippen LogP contribution in [0.4, 0.5) is 0 Å². The molecule has 0 radical (unpaired) electrons. The van der Waals surface area contributed by atoms with Crippen molar-refractivity contribution < 1.29 is 8.42 Å². The molecule has 6 heteroatoms. The van der Waals surface area contributed by atoms with E-state index in [0.29, 0.717) is 10.6 Å². The van der Waals surface area contributed by atoms with Crippen LogP contribution in [0.2, 0.25) is 10.0 Å². The van der Waals surface area contributed by atoms with E-state index in [0.717, 1.165) is 16.3 Å². The molecule has 1 N–H and O–H groups in total. The van der Waals surface area contributed by atoms with Crippen molar-refractivity contribution in [3.05, 3.63) is 75.8 Å². The molecule has 3 rings (SSSR count). The highest BCUT2D eigenvalue weighted by atomic mass is 35.5. The van der Waals surface area contributed by atoms with E-state index in [1.807, 2.05) is 42.5 Å². The number of hydrogen-bond donors (Lipinski definition) is 1. The zero-order valence-corrected chi connectivity index (χ0v) is 15.2. The van der Waals surface area contributed by atoms with E-state index in [2.05, 4.69) is 4.72 Å². The maximum Gasteiger partial charge on any atom is 0.242 e. The van der Waals surface area contributed by atoms with Gasteiger partial charge >= 0.3 is 0 Å². The molecule has 0 aliphatic carbocycles. The minimum Gasteiger partial charge on any atom is -0.207 e. The molecule has 0 amide bonds. The van der Waals surface area contributed by atoms with Gasteiger partial charge in [0.2, 0.25) is 10.0 Å². The Kier molecular flexibility index (Phi) is 4.83. The van der Waals surface area contributed by atoms with E-state index in [1.165, 1.54) is 12.1 Å². The largest absolute Gasteiger partial charge is 0.242 e. The Labute approximate surface area is 151 Å². The minimum atomic E-state index is -3.74. The fraction of sp³-hybridized carbons (Fsp3) is 0.111. The molecule has 3 nitrogen and oxygen atoms in total. The smallest absolute Gasteiger partial charge is 0.207 e. The number of rotatable bonds is 4. The van der Waals surface area contributed by atoms with Crippen molar-refractivity contribution in [1.82, 2.24) is 4.72 Å². The summed E-state index contributed by atoms with van der Waals surface area (Å²) in [5, 5.41) is 2.62. The maximum atomic E-state index is 12.6. The first kappa shape index (κ1) is 17.2. The third kappa shape index (κ3) is 3.42. The van der Waals surface area contributed by atoms with Crippen LogP contribution >= 0.6 is 23.2 Å². The van der Waals surface area contributed by atoms with Gasteiger partial charge in [-0.1, -0.05) is 65.7 Å². The van der Waals surface area contributed by atoms with Crippen LogP contribution in [-0.4, -0.2) is 8.42 Å². The second-order valence-corrected chi connectivity index (χ2v) is 8.04. The highest BCUT2D eigenvalue weighted by molar-refractivity contribution is 7.89. The standard InChI is InChI=1S/C18H15Cl2NO2S/c1-12-9-18(17(20)10-16(12)19)24(22,23)21-11-14-7-4-6-13-5-2-3-8-15(13)14/h2-10,21H,11H2,1H3. The van der Waals surface area contributed by atoms with Crippen LogP contribution in [0.5, 0.6) is 0 Å². The normalized spacial score (nSPS) is 11.8. The molecular formula is C18H15Cl2NO2S. The first-order valence-electron chi connectivity index (χ1n) is 7.30. The molecule has 0 aliphatic rings. The fourth-order valence-electron chi connectivity index (χ4n) is 2.53. The van der Waals surface area contributed by atoms with Crippen molar-refractivity contribution in [3.63, 3.8) is 0 Å². The quantitative estimate of drug-likeness (QED) is 0.697. The highest BCUT2D eigenvalue weighted by Gasteiger charge is 2.19. The van der Waals surface area contributed by atoms with Gasteiger partial charge in [0.15, 0.2) is 0 Å². The summed E-state index contributed by atoms with van der Waals surface area (Å²) in [6.07, 6.45) is 0. The molecule has 0 saturated carbocycles. The first-order valence-corrected chi connectivity index (χ1v) is 9.54. The molecule has 0 bridgehead atoms. The number of sulfonamides is 1. The number of hydrogen-bond acceptors (Lipinski definition) is 2. The van der Waals surface area contributed by atoms with Gasteiger partial charge in [-0.2, -0.15) is 0 Å². The third-order valence-electron chi connectivity index (χ3n) is 3.84. The number of fused-ring (bicyclic) bond motifs is 1. The van der Waals surface area contributed by atoms with E-state index in [1.54, 1.807) is 6.92 Å². The van der Waals surface area contributed by atoms with Crippen LogP contribution in [0.15, 0.2) is 59.5 Å². The van der Waals surface area contributed by atoms with Crippen LogP contribution < -0.4 is 4.72 Å². The van der Waals surface area contributed by atoms with Crippen molar-refractivity contribution in [2.75, 3.05) is 0 Å². The molecule has 0 heterocycles. The number of benzene rings is 3. The molecule has 124 valence electrons. The Hall–Kier alpha value is -1.59. The van der Waals surface area contributed by atoms with E-state index in [4.69, 9.17) is 23.2 Å². The van der Waals surface area contributed by atoms with Crippen LogP contribution in [0.25, 0.3) is 10.8 Å². The second kappa shape index (κ2) is 6.73. The van der Waals surface area contributed by atoms with Gasteiger partial charge in [0.05, 0.1) is 5.02 Å². The lowest BCUT2D eigenvalue weighted by Gasteiger charge is -2.11. The number of aryl methyl sites for hydroxylation is 1. The van der Waals surface area contributed by atoms with Crippen molar-refractivity contribution in [1.29, 1.82) is 0 Å². The van der Waals surface area contributed by atoms with Gasteiger partial charge in [0, 0.05) is 11.6 Å². The fourth-order valence-corrected chi connectivity index (χ4v) is 4.37. The summed E-state index contributed by atoms with van der Waals surface area (Å²) in [4.78, 5) is 0.0336. The Morgan fingerprint density at radius 2 is 1.67 bits per heavy atom. The van der Waals surface area contributed by atoms with Crippen LogP contribution in [0.3, 0.4) is 0 Å². The van der Waals surface area contributed by atoms with Crippen LogP contribution in [0, 0.1) is 6.92 Å². The van der Waals surface area contributed by atoms with E-state index < -0.39 is 10.0 Å². The van der Waals surface area contributed by atoms with Crippen LogP contribution in [0.1, 0.15) is 11.1 Å². The molecule has 0 unspecified atom stereocenters. The lowest BCUT2D eigenvalue weighted by Crippen LogP contribution is -2.23. The van der Waals surface area contributed by atoms with Gasteiger partial charge < -0.3 is 0 Å². The molecule has 0 aliphatic heterocycles. The molecule has 0 atom stereocenters. The summed E-state index contributed by atoms with van der Waals surface area (Å²) in [5.74, 6) is 0. The summed E-state index contributed by atoms with van der Waals surface area (Å²) in [6.45, 7) is 1.92. The Bertz CT molecular complexity index is 1010. The predicted molar refractivity (Wildman–Crippen MR) is 99.2 cm³/mol. The summed E-state index contributed by atoms with van der Waals surface area (Å²) in [5.41, 5.74) is 1.56. The maximum absolute atomic E-state index is 12.6. The number of halogens is 2. The molecular weight excluding hydrogens is 365 g/mol. The Morgan fingerprint density at radius 3 is 2.46 bits per heavy atom. The van der Waals surface area contributed by atoms with Gasteiger partial charge in [-0.05, 0) is 41.0 Å². The molecule has 0 saturated heterocycles. The zero-order valence-electron chi connectivity index (χ0n) is 12.9. The van der Waals surface area contributed by atoms with E-state index in [-0.39, 0.29) is 16.5 Å². The summed E-state index contributed by atoms with van der Waals surface area (Å²) >= 11 is 12.0. The lowest BCUT2D eigenvalue weighted by molar-refractivity contribution is 0.581. The predicted octanol–water partition coefficient (Wildman–Crippen LogP) is 4.93. The molecule has 3 aromatic rings. The average Bonchev–Trinajstić information content (AvgIpc) is 2.56. The van der Waals surface area contributed by atoms with Crippen molar-refractivity contribution >= 4 is 44.0 Å². The van der Waals surface area contributed by atoms with Gasteiger partial charge in [-0.25, -0.2) is 13.1 Å². The summed E-state index contributed by atoms with van der Waals surface area (Å²) in [7, 11) is -3.74. The van der Waals surface area contributed by atoms with Crippen molar-refractivity contribution in [2.24, 2.45) is 0 Å². The molecule has 0 spiro atoms. The monoisotopic (exact) mass is 379 g/mol. The first-order chi connectivity index (χ1) is 11.4. The average molecular weight is 380 g/mol. The van der Waals surface area contributed by atoms with Crippen molar-refractivity contribution in [2.45, 2.75) is 18.4 Å². The van der Waals surface area contributed by atoms with Gasteiger partial charge in [0.1, 0.15) is 4.90 Å². The lowest BCUT2D eigenvalue weighted by atomic mass is 10.1. The van der Waals surface area contributed by atoms with Crippen LogP contribution in [-0.2, 0) is 16.6 Å². The summed E-state index contributed by atoms with van der Waals surface area (Å²) in [6, 6.07) is 16.6. The molecule has 0 fully saturated rings. The highest BCUT2D eigenvalue weighted by Crippen LogP contribution is 2.28. The Morgan fingerprint density at radius 1 is 0.958 bits per heavy atom. The Balaban J connectivity index is 1.92. The number of nitrogens with one attached hydrogen (secondary N) is 1. The zero-order chi connectivity index (χ0) is 17.3.